The van der Waals surface area contributed by atoms with Crippen LogP contribution in [0.25, 0.3) is 0 Å². The summed E-state index contributed by atoms with van der Waals surface area (Å²) < 4.78 is 13.5. The number of nitrogens with one attached hydrogen (secondary N) is 1. The number of carbonyl (C=O) groups is 2. The van der Waals surface area contributed by atoms with Crippen molar-refractivity contribution in [3.63, 3.8) is 0 Å². The summed E-state index contributed by atoms with van der Waals surface area (Å²) in [6, 6.07) is 3.64. The molecule has 0 heterocycles. The van der Waals surface area contributed by atoms with Gasteiger partial charge in [0.25, 0.3) is 0 Å². The van der Waals surface area contributed by atoms with E-state index >= 15 is 0 Å². The minimum atomic E-state index is -1.31. The Morgan fingerprint density at radius 2 is 1.95 bits per heavy atom. The number of rotatable bonds is 3. The molecule has 2 aliphatic carbocycles. The van der Waals surface area contributed by atoms with Crippen molar-refractivity contribution in [2.45, 2.75) is 19.3 Å². The van der Waals surface area contributed by atoms with E-state index in [-0.39, 0.29) is 17.4 Å². The number of halogens is 1. The van der Waals surface area contributed by atoms with Crippen molar-refractivity contribution in [1.29, 1.82) is 0 Å². The molecule has 2 saturated carbocycles. The van der Waals surface area contributed by atoms with Crippen LogP contribution in [-0.4, -0.2) is 17.0 Å². The zero-order valence-electron chi connectivity index (χ0n) is 10.2. The van der Waals surface area contributed by atoms with Gasteiger partial charge < -0.3 is 10.4 Å². The van der Waals surface area contributed by atoms with E-state index in [0.29, 0.717) is 17.5 Å². The van der Waals surface area contributed by atoms with Crippen LogP contribution in [0.5, 0.6) is 0 Å². The lowest BCUT2D eigenvalue weighted by molar-refractivity contribution is -0.118. The van der Waals surface area contributed by atoms with Crippen LogP contribution in [0.3, 0.4) is 0 Å². The summed E-state index contributed by atoms with van der Waals surface area (Å²) in [4.78, 5) is 22.6. The molecule has 1 aromatic rings. The Balaban J connectivity index is 1.69. The van der Waals surface area contributed by atoms with Crippen LogP contribution in [0.4, 0.5) is 10.1 Å². The molecule has 2 atom stereocenters. The van der Waals surface area contributed by atoms with Crippen molar-refractivity contribution >= 4 is 17.6 Å². The number of anilines is 1. The average Bonchev–Trinajstić information content (AvgIpc) is 2.83. The van der Waals surface area contributed by atoms with E-state index in [9.17, 15) is 14.0 Å². The van der Waals surface area contributed by atoms with Crippen LogP contribution in [0.15, 0.2) is 18.2 Å². The Kier molecular flexibility index (Phi) is 2.77. The average molecular weight is 263 g/mol. The molecule has 0 bridgehead atoms. The third-order valence-electron chi connectivity index (χ3n) is 4.18. The molecule has 0 radical (unpaired) electrons. The van der Waals surface area contributed by atoms with E-state index in [0.717, 1.165) is 18.9 Å². The first-order valence-corrected chi connectivity index (χ1v) is 6.41. The van der Waals surface area contributed by atoms with E-state index in [2.05, 4.69) is 5.32 Å². The first-order chi connectivity index (χ1) is 9.08. The fourth-order valence-corrected chi connectivity index (χ4v) is 3.20. The topological polar surface area (TPSA) is 66.4 Å². The highest BCUT2D eigenvalue weighted by Crippen LogP contribution is 2.57. The van der Waals surface area contributed by atoms with Gasteiger partial charge in [-0.25, -0.2) is 9.18 Å². The summed E-state index contributed by atoms with van der Waals surface area (Å²) in [5.74, 6) is -1.15. The Morgan fingerprint density at radius 1 is 1.26 bits per heavy atom. The lowest BCUT2D eigenvalue weighted by Gasteiger charge is -2.07. The summed E-state index contributed by atoms with van der Waals surface area (Å²) in [5.41, 5.74) is -0.0706. The summed E-state index contributed by atoms with van der Waals surface area (Å²) in [5, 5.41) is 11.4. The van der Waals surface area contributed by atoms with E-state index in [1.165, 1.54) is 18.6 Å². The van der Waals surface area contributed by atoms with Crippen LogP contribution in [0.1, 0.15) is 29.6 Å². The molecule has 0 spiro atoms. The molecule has 2 N–H and O–H groups in total. The van der Waals surface area contributed by atoms with Gasteiger partial charge in [-0.2, -0.15) is 0 Å². The second-order valence-electron chi connectivity index (χ2n) is 5.27. The van der Waals surface area contributed by atoms with Crippen LogP contribution in [-0.2, 0) is 4.79 Å². The van der Waals surface area contributed by atoms with Crippen molar-refractivity contribution in [2.75, 3.05) is 5.32 Å². The molecule has 1 aromatic carbocycles. The monoisotopic (exact) mass is 263 g/mol. The molecule has 2 aliphatic rings. The third-order valence-corrected chi connectivity index (χ3v) is 4.18. The maximum atomic E-state index is 13.5. The molecule has 4 nitrogen and oxygen atoms in total. The standard InChI is InChI=1S/C14H14FNO3/c15-11-6-7(4-5-10(11)14(18)19)16-13(17)12-8-2-1-3-9(8)12/h4-6,8-9,12H,1-3H2,(H,16,17)(H,18,19). The van der Waals surface area contributed by atoms with E-state index in [4.69, 9.17) is 5.11 Å². The lowest BCUT2D eigenvalue weighted by atomic mass is 10.1. The number of fused-ring (bicyclic) bond motifs is 1. The number of hydrogen-bond acceptors (Lipinski definition) is 2. The Bertz CT molecular complexity index is 548. The van der Waals surface area contributed by atoms with Crippen molar-refractivity contribution in [3.05, 3.63) is 29.6 Å². The van der Waals surface area contributed by atoms with Gasteiger partial charge in [-0.15, -0.1) is 0 Å². The van der Waals surface area contributed by atoms with Crippen molar-refractivity contribution in [2.24, 2.45) is 17.8 Å². The molecule has 0 aromatic heterocycles. The van der Waals surface area contributed by atoms with Crippen LogP contribution < -0.4 is 5.32 Å². The zero-order chi connectivity index (χ0) is 13.6. The SMILES string of the molecule is O=C(O)c1ccc(NC(=O)C2C3CCCC32)cc1F. The molecule has 2 fully saturated rings. The molecule has 100 valence electrons. The van der Waals surface area contributed by atoms with Gasteiger partial charge in [0.2, 0.25) is 5.91 Å². The molecule has 5 heteroatoms. The van der Waals surface area contributed by atoms with E-state index in [1.807, 2.05) is 0 Å². The molecule has 0 aliphatic heterocycles. The first kappa shape index (κ1) is 12.1. The number of benzene rings is 1. The predicted octanol–water partition coefficient (Wildman–Crippen LogP) is 2.51. The minimum absolute atomic E-state index is 0.0657. The van der Waals surface area contributed by atoms with Crippen LogP contribution in [0.2, 0.25) is 0 Å². The van der Waals surface area contributed by atoms with Gasteiger partial charge in [-0.05, 0) is 42.9 Å². The Hall–Kier alpha value is -1.91. The van der Waals surface area contributed by atoms with Gasteiger partial charge in [0.05, 0.1) is 5.56 Å². The van der Waals surface area contributed by atoms with Gasteiger partial charge >= 0.3 is 5.97 Å². The van der Waals surface area contributed by atoms with Gasteiger partial charge in [0, 0.05) is 11.6 Å². The van der Waals surface area contributed by atoms with E-state index < -0.39 is 11.8 Å². The number of hydrogen-bond donors (Lipinski definition) is 2. The lowest BCUT2D eigenvalue weighted by Crippen LogP contribution is -2.17. The second kappa shape index (κ2) is 4.33. The normalized spacial score (nSPS) is 27.7. The number of amides is 1. The van der Waals surface area contributed by atoms with Gasteiger partial charge in [0.1, 0.15) is 5.82 Å². The minimum Gasteiger partial charge on any atom is -0.478 e. The fraction of sp³-hybridized carbons (Fsp3) is 0.429. The van der Waals surface area contributed by atoms with Crippen molar-refractivity contribution in [1.82, 2.24) is 0 Å². The zero-order valence-corrected chi connectivity index (χ0v) is 10.2. The molecule has 19 heavy (non-hydrogen) atoms. The van der Waals surface area contributed by atoms with Crippen LogP contribution >= 0.6 is 0 Å². The van der Waals surface area contributed by atoms with Gasteiger partial charge in [-0.1, -0.05) is 6.42 Å². The molecule has 2 unspecified atom stereocenters. The number of carboxylic acid groups (broad SMARTS) is 1. The highest BCUT2D eigenvalue weighted by molar-refractivity contribution is 5.95. The molecular formula is C14H14FNO3. The van der Waals surface area contributed by atoms with Gasteiger partial charge in [0.15, 0.2) is 0 Å². The highest BCUT2D eigenvalue weighted by atomic mass is 19.1. The first-order valence-electron chi connectivity index (χ1n) is 6.41. The summed E-state index contributed by atoms with van der Waals surface area (Å²) in [6.45, 7) is 0. The molecule has 0 saturated heterocycles. The number of aromatic carboxylic acids is 1. The van der Waals surface area contributed by atoms with Crippen molar-refractivity contribution in [3.8, 4) is 0 Å². The van der Waals surface area contributed by atoms with Crippen molar-refractivity contribution < 1.29 is 19.1 Å². The maximum absolute atomic E-state index is 13.5. The van der Waals surface area contributed by atoms with E-state index in [1.54, 1.807) is 0 Å². The molecular weight excluding hydrogens is 249 g/mol. The maximum Gasteiger partial charge on any atom is 0.338 e. The fourth-order valence-electron chi connectivity index (χ4n) is 3.20. The second-order valence-corrected chi connectivity index (χ2v) is 5.27. The highest BCUT2D eigenvalue weighted by Gasteiger charge is 2.56. The quantitative estimate of drug-likeness (QED) is 0.880. The summed E-state index contributed by atoms with van der Waals surface area (Å²) in [7, 11) is 0. The summed E-state index contributed by atoms with van der Waals surface area (Å²) in [6.07, 6.45) is 3.41. The Morgan fingerprint density at radius 3 is 2.53 bits per heavy atom. The number of carboxylic acids is 1. The molecule has 3 rings (SSSR count). The summed E-state index contributed by atoms with van der Waals surface area (Å²) >= 11 is 0. The van der Waals surface area contributed by atoms with Crippen LogP contribution in [0, 0.1) is 23.6 Å². The largest absolute Gasteiger partial charge is 0.478 e. The Labute approximate surface area is 109 Å². The molecule has 1 amide bonds. The van der Waals surface area contributed by atoms with Gasteiger partial charge in [-0.3, -0.25) is 4.79 Å². The smallest absolute Gasteiger partial charge is 0.338 e. The third kappa shape index (κ3) is 2.09. The predicted molar refractivity (Wildman–Crippen MR) is 66.3 cm³/mol. The number of carbonyl (C=O) groups excluding carboxylic acids is 1.